The van der Waals surface area contributed by atoms with Gasteiger partial charge in [0.1, 0.15) is 15.9 Å². The highest BCUT2D eigenvalue weighted by atomic mass is 35.5. The standard InChI is InChI=1S/C7H6Cl2N2O2/c1-13-7(12)5-3(10)2-4(8)11-6(5)9/h2H,1H3,(H2,10,11). The SMILES string of the molecule is COC(=O)c1c(N)cc(Cl)nc1Cl. The molecule has 0 saturated heterocycles. The number of methoxy groups -OCH3 is 1. The smallest absolute Gasteiger partial charge is 0.343 e. The first-order chi connectivity index (χ1) is 6.06. The first-order valence-corrected chi connectivity index (χ1v) is 4.01. The van der Waals surface area contributed by atoms with Gasteiger partial charge in [-0.2, -0.15) is 0 Å². The molecule has 13 heavy (non-hydrogen) atoms. The lowest BCUT2D eigenvalue weighted by molar-refractivity contribution is 0.0601. The Kier molecular flexibility index (Phi) is 2.95. The lowest BCUT2D eigenvalue weighted by atomic mass is 10.2. The molecule has 6 heteroatoms. The summed E-state index contributed by atoms with van der Waals surface area (Å²) in [6.07, 6.45) is 0. The van der Waals surface area contributed by atoms with Crippen molar-refractivity contribution in [3.63, 3.8) is 0 Å². The third-order valence-electron chi connectivity index (χ3n) is 1.36. The lowest BCUT2D eigenvalue weighted by Crippen LogP contribution is -2.07. The second kappa shape index (κ2) is 3.81. The molecular weight excluding hydrogens is 215 g/mol. The quantitative estimate of drug-likeness (QED) is 0.579. The molecule has 0 unspecified atom stereocenters. The number of pyridine rings is 1. The highest BCUT2D eigenvalue weighted by molar-refractivity contribution is 6.35. The number of rotatable bonds is 1. The van der Waals surface area contributed by atoms with E-state index in [9.17, 15) is 4.79 Å². The van der Waals surface area contributed by atoms with Crippen molar-refractivity contribution < 1.29 is 9.53 Å². The number of aromatic nitrogens is 1. The zero-order valence-electron chi connectivity index (χ0n) is 6.67. The average molecular weight is 221 g/mol. The van der Waals surface area contributed by atoms with Gasteiger partial charge in [-0.1, -0.05) is 23.2 Å². The van der Waals surface area contributed by atoms with Crippen LogP contribution in [0.2, 0.25) is 10.3 Å². The third-order valence-corrected chi connectivity index (χ3v) is 1.83. The summed E-state index contributed by atoms with van der Waals surface area (Å²) in [4.78, 5) is 14.8. The molecule has 1 aromatic heterocycles. The number of nitrogens with two attached hydrogens (primary N) is 1. The summed E-state index contributed by atoms with van der Waals surface area (Å²) in [5.41, 5.74) is 5.67. The minimum atomic E-state index is -0.633. The van der Waals surface area contributed by atoms with E-state index in [0.29, 0.717) is 0 Å². The summed E-state index contributed by atoms with van der Waals surface area (Å²) >= 11 is 11.2. The average Bonchev–Trinajstić information content (AvgIpc) is 2.02. The number of carbonyl (C=O) groups excluding carboxylic acids is 1. The van der Waals surface area contributed by atoms with Gasteiger partial charge in [0, 0.05) is 0 Å². The maximum absolute atomic E-state index is 11.1. The predicted molar refractivity (Wildman–Crippen MR) is 50.0 cm³/mol. The molecule has 1 rings (SSSR count). The van der Waals surface area contributed by atoms with Crippen LogP contribution in [-0.2, 0) is 4.74 Å². The first-order valence-electron chi connectivity index (χ1n) is 3.26. The minimum absolute atomic E-state index is 0.0357. The van der Waals surface area contributed by atoms with Crippen LogP contribution in [0.1, 0.15) is 10.4 Å². The predicted octanol–water partition coefficient (Wildman–Crippen LogP) is 1.76. The molecule has 0 bridgehead atoms. The Balaban J connectivity index is 3.28. The Labute approximate surface area is 84.6 Å². The lowest BCUT2D eigenvalue weighted by Gasteiger charge is -2.04. The largest absolute Gasteiger partial charge is 0.465 e. The summed E-state index contributed by atoms with van der Waals surface area (Å²) in [5.74, 6) is -0.633. The van der Waals surface area contributed by atoms with Gasteiger partial charge in [-0.3, -0.25) is 0 Å². The number of nitrogen functional groups attached to an aromatic ring is 1. The van der Waals surface area contributed by atoms with E-state index in [2.05, 4.69) is 9.72 Å². The Morgan fingerprint density at radius 2 is 2.23 bits per heavy atom. The third kappa shape index (κ3) is 2.02. The summed E-state index contributed by atoms with van der Waals surface area (Å²) < 4.78 is 4.45. The maximum atomic E-state index is 11.1. The second-order valence-corrected chi connectivity index (χ2v) is 2.94. The molecule has 0 aliphatic rings. The fourth-order valence-corrected chi connectivity index (χ4v) is 1.33. The van der Waals surface area contributed by atoms with E-state index in [0.717, 1.165) is 0 Å². The number of carbonyl (C=O) groups is 1. The van der Waals surface area contributed by atoms with Crippen molar-refractivity contribution in [1.82, 2.24) is 4.98 Å². The van der Waals surface area contributed by atoms with Gasteiger partial charge in [0.2, 0.25) is 0 Å². The molecule has 1 aromatic rings. The molecule has 0 radical (unpaired) electrons. The van der Waals surface area contributed by atoms with Crippen molar-refractivity contribution in [1.29, 1.82) is 0 Å². The van der Waals surface area contributed by atoms with Gasteiger partial charge in [-0.25, -0.2) is 9.78 Å². The molecule has 1 heterocycles. The summed E-state index contributed by atoms with van der Waals surface area (Å²) in [5, 5.41) is 0.0759. The van der Waals surface area contributed by atoms with E-state index in [1.807, 2.05) is 0 Å². The Bertz CT molecular complexity index is 331. The van der Waals surface area contributed by atoms with Crippen LogP contribution in [0.5, 0.6) is 0 Å². The second-order valence-electron chi connectivity index (χ2n) is 2.19. The van der Waals surface area contributed by atoms with Gasteiger partial charge < -0.3 is 10.5 Å². The van der Waals surface area contributed by atoms with Crippen LogP contribution in [0.25, 0.3) is 0 Å². The highest BCUT2D eigenvalue weighted by Gasteiger charge is 2.16. The van der Waals surface area contributed by atoms with Crippen molar-refractivity contribution in [2.45, 2.75) is 0 Å². The monoisotopic (exact) mass is 220 g/mol. The number of hydrogen-bond acceptors (Lipinski definition) is 4. The van der Waals surface area contributed by atoms with Crippen LogP contribution >= 0.6 is 23.2 Å². The van der Waals surface area contributed by atoms with Crippen molar-refractivity contribution >= 4 is 34.9 Å². The van der Waals surface area contributed by atoms with E-state index in [4.69, 9.17) is 28.9 Å². The molecular formula is C7H6Cl2N2O2. The summed E-state index contributed by atoms with van der Waals surface area (Å²) in [6, 6.07) is 1.33. The highest BCUT2D eigenvalue weighted by Crippen LogP contribution is 2.24. The number of ether oxygens (including phenoxy) is 1. The Morgan fingerprint density at radius 1 is 1.62 bits per heavy atom. The van der Waals surface area contributed by atoms with Crippen LogP contribution in [0.3, 0.4) is 0 Å². The van der Waals surface area contributed by atoms with E-state index >= 15 is 0 Å². The zero-order chi connectivity index (χ0) is 10.0. The van der Waals surface area contributed by atoms with Crippen molar-refractivity contribution in [3.8, 4) is 0 Å². The molecule has 0 fully saturated rings. The van der Waals surface area contributed by atoms with Gasteiger partial charge in [0.25, 0.3) is 0 Å². The maximum Gasteiger partial charge on any atom is 0.343 e. The zero-order valence-corrected chi connectivity index (χ0v) is 8.19. The van der Waals surface area contributed by atoms with Gasteiger partial charge in [0.05, 0.1) is 12.8 Å². The molecule has 0 amide bonds. The number of anilines is 1. The number of esters is 1. The van der Waals surface area contributed by atoms with E-state index in [1.54, 1.807) is 0 Å². The van der Waals surface area contributed by atoms with E-state index < -0.39 is 5.97 Å². The Hall–Kier alpha value is -1.00. The van der Waals surface area contributed by atoms with Crippen LogP contribution in [0, 0.1) is 0 Å². The number of halogens is 2. The molecule has 0 spiro atoms. The van der Waals surface area contributed by atoms with E-state index in [1.165, 1.54) is 13.2 Å². The van der Waals surface area contributed by atoms with E-state index in [-0.39, 0.29) is 21.6 Å². The van der Waals surface area contributed by atoms with Crippen molar-refractivity contribution in [3.05, 3.63) is 21.9 Å². The van der Waals surface area contributed by atoms with Crippen molar-refractivity contribution in [2.75, 3.05) is 12.8 Å². The molecule has 0 saturated carbocycles. The van der Waals surface area contributed by atoms with Crippen LogP contribution in [-0.4, -0.2) is 18.1 Å². The molecule has 2 N–H and O–H groups in total. The van der Waals surface area contributed by atoms with Crippen molar-refractivity contribution in [2.24, 2.45) is 0 Å². The number of hydrogen-bond donors (Lipinski definition) is 1. The summed E-state index contributed by atoms with van der Waals surface area (Å²) in [7, 11) is 1.23. The topological polar surface area (TPSA) is 65.2 Å². The molecule has 0 aliphatic heterocycles. The molecule has 0 atom stereocenters. The molecule has 0 aliphatic carbocycles. The molecule has 4 nitrogen and oxygen atoms in total. The van der Waals surface area contributed by atoms with Crippen LogP contribution < -0.4 is 5.73 Å². The first kappa shape index (κ1) is 10.1. The fraction of sp³-hybridized carbons (Fsp3) is 0.143. The van der Waals surface area contributed by atoms with Crippen LogP contribution in [0.4, 0.5) is 5.69 Å². The minimum Gasteiger partial charge on any atom is -0.465 e. The van der Waals surface area contributed by atoms with Crippen LogP contribution in [0.15, 0.2) is 6.07 Å². The summed E-state index contributed by atoms with van der Waals surface area (Å²) in [6.45, 7) is 0. The van der Waals surface area contributed by atoms with Gasteiger partial charge in [-0.05, 0) is 6.07 Å². The Morgan fingerprint density at radius 3 is 2.69 bits per heavy atom. The normalized spacial score (nSPS) is 9.77. The molecule has 0 aromatic carbocycles. The van der Waals surface area contributed by atoms with Gasteiger partial charge in [-0.15, -0.1) is 0 Å². The molecule has 70 valence electrons. The van der Waals surface area contributed by atoms with Gasteiger partial charge in [0.15, 0.2) is 0 Å². The fourth-order valence-electron chi connectivity index (χ4n) is 0.806. The van der Waals surface area contributed by atoms with Gasteiger partial charge >= 0.3 is 5.97 Å². The number of nitrogens with zero attached hydrogens (tertiary/aromatic N) is 1.